The molecule has 3 N–H and O–H groups in total. The van der Waals surface area contributed by atoms with Gasteiger partial charge in [-0.2, -0.15) is 0 Å². The minimum absolute atomic E-state index is 0.0826. The lowest BCUT2D eigenvalue weighted by atomic mass is 9.56. The molecular weight excluding hydrogens is 322 g/mol. The number of hydrogen-bond acceptors (Lipinski definition) is 4. The first-order valence-electron chi connectivity index (χ1n) is 9.38. The van der Waals surface area contributed by atoms with Crippen LogP contribution in [0.2, 0.25) is 0 Å². The molecule has 0 spiro atoms. The van der Waals surface area contributed by atoms with Crippen molar-refractivity contribution in [1.82, 2.24) is 10.2 Å². The molecule has 5 aliphatic rings. The first-order valence-corrected chi connectivity index (χ1v) is 10.4. The number of rotatable bonds is 4. The topological polar surface area (TPSA) is 75.4 Å². The van der Waals surface area contributed by atoms with Crippen LogP contribution < -0.4 is 11.1 Å². The molecule has 1 heterocycles. The van der Waals surface area contributed by atoms with E-state index in [-0.39, 0.29) is 23.9 Å². The van der Waals surface area contributed by atoms with Crippen LogP contribution in [0, 0.1) is 17.8 Å². The van der Waals surface area contributed by atoms with Gasteiger partial charge < -0.3 is 16.0 Å². The van der Waals surface area contributed by atoms with E-state index in [0.717, 1.165) is 17.8 Å². The molecule has 5 nitrogen and oxygen atoms in total. The van der Waals surface area contributed by atoms with Crippen LogP contribution in [0.1, 0.15) is 44.9 Å². The molecule has 0 aromatic rings. The highest BCUT2D eigenvalue weighted by Gasteiger charge is 2.51. The van der Waals surface area contributed by atoms with Crippen LogP contribution in [-0.4, -0.2) is 52.9 Å². The molecule has 5 rings (SSSR count). The molecule has 0 unspecified atom stereocenters. The van der Waals surface area contributed by atoms with E-state index in [1.165, 1.54) is 38.5 Å². The van der Waals surface area contributed by atoms with Crippen molar-refractivity contribution < 1.29 is 9.59 Å². The molecule has 6 heteroatoms. The molecule has 4 bridgehead atoms. The van der Waals surface area contributed by atoms with E-state index in [0.29, 0.717) is 23.5 Å². The van der Waals surface area contributed by atoms with E-state index in [2.05, 4.69) is 5.32 Å². The number of carbonyl (C=O) groups excluding carboxylic acids is 2. The minimum Gasteiger partial charge on any atom is -0.357 e. The van der Waals surface area contributed by atoms with Gasteiger partial charge in [0, 0.05) is 24.4 Å². The number of likely N-dealkylation sites (N-methyl/N-ethyl adjacent to an activating group) is 1. The molecule has 2 amide bonds. The highest BCUT2D eigenvalue weighted by atomic mass is 32.2. The van der Waals surface area contributed by atoms with E-state index in [9.17, 15) is 9.59 Å². The van der Waals surface area contributed by atoms with Gasteiger partial charge in [0.05, 0.1) is 5.75 Å². The second-order valence-electron chi connectivity index (χ2n) is 8.56. The Morgan fingerprint density at radius 2 is 1.71 bits per heavy atom. The van der Waals surface area contributed by atoms with Crippen LogP contribution in [0.3, 0.4) is 0 Å². The van der Waals surface area contributed by atoms with Gasteiger partial charge in [-0.25, -0.2) is 0 Å². The molecule has 4 aliphatic carbocycles. The van der Waals surface area contributed by atoms with Gasteiger partial charge in [0.1, 0.15) is 6.04 Å². The van der Waals surface area contributed by atoms with Crippen molar-refractivity contribution in [2.24, 2.45) is 23.5 Å². The number of carbonyl (C=O) groups is 2. The Morgan fingerprint density at radius 1 is 1.12 bits per heavy atom. The molecule has 0 aromatic heterocycles. The van der Waals surface area contributed by atoms with Crippen LogP contribution >= 0.6 is 11.8 Å². The third-order valence-corrected chi connectivity index (χ3v) is 8.19. The van der Waals surface area contributed by atoms with Crippen molar-refractivity contribution in [2.75, 3.05) is 19.3 Å². The lowest BCUT2D eigenvalue weighted by Crippen LogP contribution is -2.50. The van der Waals surface area contributed by atoms with Gasteiger partial charge in [-0.3, -0.25) is 9.59 Å². The summed E-state index contributed by atoms with van der Waals surface area (Å²) in [5, 5.41) is 2.67. The maximum Gasteiger partial charge on any atom is 0.242 e. The average Bonchev–Trinajstić information content (AvgIpc) is 2.92. The lowest BCUT2D eigenvalue weighted by Gasteiger charge is -2.56. The Morgan fingerprint density at radius 3 is 2.25 bits per heavy atom. The largest absolute Gasteiger partial charge is 0.357 e. The summed E-state index contributed by atoms with van der Waals surface area (Å²) in [5.41, 5.74) is 6.01. The third-order valence-electron chi connectivity index (χ3n) is 6.69. The lowest BCUT2D eigenvalue weighted by molar-refractivity contribution is -0.136. The van der Waals surface area contributed by atoms with E-state index in [1.54, 1.807) is 11.9 Å². The Kier molecular flexibility index (Phi) is 4.32. The van der Waals surface area contributed by atoms with Crippen LogP contribution in [0.4, 0.5) is 0 Å². The quantitative estimate of drug-likeness (QED) is 0.802. The summed E-state index contributed by atoms with van der Waals surface area (Å²) in [6, 6.07) is -0.463. The first kappa shape index (κ1) is 16.7. The van der Waals surface area contributed by atoms with Crippen LogP contribution in [0.15, 0.2) is 0 Å². The summed E-state index contributed by atoms with van der Waals surface area (Å²) >= 11 is 1.89. The summed E-state index contributed by atoms with van der Waals surface area (Å²) in [6.45, 7) is 0.512. The van der Waals surface area contributed by atoms with E-state index in [4.69, 9.17) is 5.73 Å². The second-order valence-corrected chi connectivity index (χ2v) is 10.0. The summed E-state index contributed by atoms with van der Waals surface area (Å²) in [6.07, 6.45) is 8.75. The number of likely N-dealkylation sites (tertiary alicyclic amines) is 1. The van der Waals surface area contributed by atoms with Gasteiger partial charge in [0.2, 0.25) is 11.8 Å². The number of hydrogen-bond donors (Lipinski definition) is 2. The zero-order chi connectivity index (χ0) is 16.9. The highest BCUT2D eigenvalue weighted by Crippen LogP contribution is 2.60. The molecule has 1 saturated heterocycles. The van der Waals surface area contributed by atoms with Gasteiger partial charge in [-0.15, -0.1) is 11.8 Å². The average molecular weight is 352 g/mol. The standard InChI is InChI=1S/C18H29N3O2S/c1-20-17(23)15-5-14(19)9-21(15)16(22)10-24-18-6-11-2-12(7-18)4-13(3-11)8-18/h11-15H,2-10,19H2,1H3,(H,20,23)/t11?,12?,13?,14-,15+,18?/m1/s1. The third kappa shape index (κ3) is 2.96. The maximum absolute atomic E-state index is 12.8. The number of thioether (sulfide) groups is 1. The number of nitrogens with zero attached hydrogens (tertiary/aromatic N) is 1. The van der Waals surface area contributed by atoms with Crippen molar-refractivity contribution in [1.29, 1.82) is 0 Å². The summed E-state index contributed by atoms with van der Waals surface area (Å²) in [7, 11) is 1.62. The SMILES string of the molecule is CNC(=O)[C@@H]1C[C@@H](N)CN1C(=O)CSC12CC3CC(CC(C3)C1)C2. The Labute approximate surface area is 148 Å². The summed E-state index contributed by atoms with van der Waals surface area (Å²) < 4.78 is 0.342. The number of nitrogens with one attached hydrogen (secondary N) is 1. The molecule has 134 valence electrons. The summed E-state index contributed by atoms with van der Waals surface area (Å²) in [4.78, 5) is 26.5. The van der Waals surface area contributed by atoms with Crippen molar-refractivity contribution in [3.05, 3.63) is 0 Å². The molecule has 0 aromatic carbocycles. The van der Waals surface area contributed by atoms with E-state index in [1.807, 2.05) is 11.8 Å². The van der Waals surface area contributed by atoms with Crippen molar-refractivity contribution >= 4 is 23.6 Å². The molecule has 0 radical (unpaired) electrons. The van der Waals surface area contributed by atoms with Gasteiger partial charge >= 0.3 is 0 Å². The van der Waals surface area contributed by atoms with Crippen molar-refractivity contribution in [2.45, 2.75) is 61.8 Å². The highest BCUT2D eigenvalue weighted by molar-refractivity contribution is 8.01. The summed E-state index contributed by atoms with van der Waals surface area (Å²) in [5.74, 6) is 3.22. The first-order chi connectivity index (χ1) is 11.5. The van der Waals surface area contributed by atoms with E-state index >= 15 is 0 Å². The molecule has 2 atom stereocenters. The zero-order valence-corrected chi connectivity index (χ0v) is 15.3. The number of nitrogens with two attached hydrogens (primary N) is 1. The van der Waals surface area contributed by atoms with Crippen molar-refractivity contribution in [3.63, 3.8) is 0 Å². The predicted octanol–water partition coefficient (Wildman–Crippen LogP) is 1.36. The van der Waals surface area contributed by atoms with Crippen LogP contribution in [0.5, 0.6) is 0 Å². The minimum atomic E-state index is -0.380. The predicted molar refractivity (Wildman–Crippen MR) is 95.5 cm³/mol. The fraction of sp³-hybridized carbons (Fsp3) is 0.889. The fourth-order valence-electron chi connectivity index (χ4n) is 6.06. The fourth-order valence-corrected chi connectivity index (χ4v) is 7.72. The Bertz CT molecular complexity index is 503. The second kappa shape index (κ2) is 6.20. The van der Waals surface area contributed by atoms with Gasteiger partial charge in [-0.05, 0) is 62.7 Å². The van der Waals surface area contributed by atoms with Crippen molar-refractivity contribution in [3.8, 4) is 0 Å². The molecule has 4 saturated carbocycles. The molecular formula is C18H29N3O2S. The molecule has 1 aliphatic heterocycles. The van der Waals surface area contributed by atoms with Crippen LogP contribution in [0.25, 0.3) is 0 Å². The maximum atomic E-state index is 12.8. The van der Waals surface area contributed by atoms with Gasteiger partial charge in [0.15, 0.2) is 0 Å². The normalized spacial score (nSPS) is 43.2. The zero-order valence-electron chi connectivity index (χ0n) is 14.5. The smallest absolute Gasteiger partial charge is 0.242 e. The van der Waals surface area contributed by atoms with E-state index < -0.39 is 0 Å². The monoisotopic (exact) mass is 351 g/mol. The number of amides is 2. The Balaban J connectivity index is 1.39. The molecule has 24 heavy (non-hydrogen) atoms. The van der Waals surface area contributed by atoms with Gasteiger partial charge in [0.25, 0.3) is 0 Å². The molecule has 5 fully saturated rings. The Hall–Kier alpha value is -0.750. The van der Waals surface area contributed by atoms with Gasteiger partial charge in [-0.1, -0.05) is 0 Å². The van der Waals surface area contributed by atoms with Crippen LogP contribution in [-0.2, 0) is 9.59 Å².